The van der Waals surface area contributed by atoms with Crippen LogP contribution in [0, 0.1) is 5.92 Å². The van der Waals surface area contributed by atoms with Gasteiger partial charge in [0.15, 0.2) is 0 Å². The van der Waals surface area contributed by atoms with E-state index in [1.54, 1.807) is 0 Å². The molecule has 0 unspecified atom stereocenters. The summed E-state index contributed by atoms with van der Waals surface area (Å²) in [4.78, 5) is 1.47. The number of rotatable bonds is 2. The molecule has 2 aliphatic rings. The van der Waals surface area contributed by atoms with E-state index in [9.17, 15) is 0 Å². The number of hydrogen-bond acceptors (Lipinski definition) is 1. The van der Waals surface area contributed by atoms with Crippen LogP contribution < -0.4 is 0 Å². The largest absolute Gasteiger partial charge is 0.119 e. The normalized spacial score (nSPS) is 35.0. The van der Waals surface area contributed by atoms with Gasteiger partial charge in [0.05, 0.1) is 0 Å². The van der Waals surface area contributed by atoms with Crippen LogP contribution in [0.1, 0.15) is 32.1 Å². The summed E-state index contributed by atoms with van der Waals surface area (Å²) in [6.45, 7) is 0. The van der Waals surface area contributed by atoms with E-state index in [1.807, 2.05) is 0 Å². The first-order valence-electron chi connectivity index (χ1n) is 5.60. The molecule has 0 atom stereocenters. The first kappa shape index (κ1) is 8.84. The summed E-state index contributed by atoms with van der Waals surface area (Å²) in [5, 5.41) is 0. The predicted molar refractivity (Wildman–Crippen MR) is 61.6 cm³/mol. The zero-order chi connectivity index (χ0) is 9.43. The molecular weight excluding hydrogens is 188 g/mol. The van der Waals surface area contributed by atoms with Crippen molar-refractivity contribution in [2.45, 2.75) is 41.7 Å². The highest BCUT2D eigenvalue weighted by atomic mass is 32.2. The third kappa shape index (κ3) is 1.48. The Hall–Kier alpha value is -0.430. The third-order valence-corrected chi connectivity index (χ3v) is 5.27. The van der Waals surface area contributed by atoms with Gasteiger partial charge < -0.3 is 0 Å². The second-order valence-corrected chi connectivity index (χ2v) is 6.29. The summed E-state index contributed by atoms with van der Waals surface area (Å²) in [5.41, 5.74) is 0. The quantitative estimate of drug-likeness (QED) is 0.698. The van der Waals surface area contributed by atoms with Crippen molar-refractivity contribution in [2.75, 3.05) is 0 Å². The lowest BCUT2D eigenvalue weighted by Crippen LogP contribution is -2.16. The zero-order valence-corrected chi connectivity index (χ0v) is 9.22. The number of fused-ring (bicyclic) bond motifs is 2. The lowest BCUT2D eigenvalue weighted by atomic mass is 10.0. The number of benzene rings is 1. The lowest BCUT2D eigenvalue weighted by molar-refractivity contribution is 0.500. The van der Waals surface area contributed by atoms with E-state index in [4.69, 9.17) is 0 Å². The SMILES string of the molecule is c1ccc(SC23CCC(CC2)C3)cc1. The average molecular weight is 204 g/mol. The molecule has 0 radical (unpaired) electrons. The average Bonchev–Trinajstić information content (AvgIpc) is 2.78. The Morgan fingerprint density at radius 1 is 1.07 bits per heavy atom. The van der Waals surface area contributed by atoms with E-state index >= 15 is 0 Å². The van der Waals surface area contributed by atoms with Crippen molar-refractivity contribution in [1.29, 1.82) is 0 Å². The summed E-state index contributed by atoms with van der Waals surface area (Å²) >= 11 is 2.14. The maximum Gasteiger partial charge on any atom is 0.0210 e. The molecule has 0 amide bonds. The second kappa shape index (κ2) is 3.30. The Labute approximate surface area is 90.1 Å². The molecule has 2 bridgehead atoms. The molecule has 1 aromatic rings. The van der Waals surface area contributed by atoms with Crippen molar-refractivity contribution >= 4 is 11.8 Å². The van der Waals surface area contributed by atoms with Gasteiger partial charge in [-0.15, -0.1) is 11.8 Å². The van der Waals surface area contributed by atoms with Gasteiger partial charge in [0.1, 0.15) is 0 Å². The minimum atomic E-state index is 0.631. The smallest absolute Gasteiger partial charge is 0.0210 e. The molecule has 0 N–H and O–H groups in total. The lowest BCUT2D eigenvalue weighted by Gasteiger charge is -2.25. The van der Waals surface area contributed by atoms with Crippen molar-refractivity contribution < 1.29 is 0 Å². The fourth-order valence-electron chi connectivity index (χ4n) is 3.02. The van der Waals surface area contributed by atoms with Crippen LogP contribution in [0.4, 0.5) is 0 Å². The van der Waals surface area contributed by atoms with Crippen LogP contribution in [-0.2, 0) is 0 Å². The molecule has 2 aliphatic carbocycles. The van der Waals surface area contributed by atoms with Crippen molar-refractivity contribution in [3.8, 4) is 0 Å². The van der Waals surface area contributed by atoms with Crippen molar-refractivity contribution in [1.82, 2.24) is 0 Å². The highest BCUT2D eigenvalue weighted by molar-refractivity contribution is 8.00. The van der Waals surface area contributed by atoms with Crippen LogP contribution in [0.15, 0.2) is 35.2 Å². The van der Waals surface area contributed by atoms with Gasteiger partial charge in [-0.1, -0.05) is 18.2 Å². The molecule has 74 valence electrons. The van der Waals surface area contributed by atoms with Crippen molar-refractivity contribution in [3.63, 3.8) is 0 Å². The van der Waals surface area contributed by atoms with E-state index in [1.165, 1.54) is 37.0 Å². The first-order chi connectivity index (χ1) is 6.86. The minimum Gasteiger partial charge on any atom is -0.119 e. The number of thioether (sulfide) groups is 1. The van der Waals surface area contributed by atoms with Gasteiger partial charge >= 0.3 is 0 Å². The maximum absolute atomic E-state index is 2.26. The molecule has 14 heavy (non-hydrogen) atoms. The summed E-state index contributed by atoms with van der Waals surface area (Å²) in [5.74, 6) is 1.06. The van der Waals surface area contributed by atoms with Gasteiger partial charge in [0, 0.05) is 9.64 Å². The van der Waals surface area contributed by atoms with Crippen LogP contribution in [0.2, 0.25) is 0 Å². The fraction of sp³-hybridized carbons (Fsp3) is 0.538. The molecule has 0 nitrogen and oxygen atoms in total. The minimum absolute atomic E-state index is 0.631. The Balaban J connectivity index is 1.78. The van der Waals surface area contributed by atoms with Gasteiger partial charge in [-0.25, -0.2) is 0 Å². The molecule has 3 rings (SSSR count). The Morgan fingerprint density at radius 2 is 1.79 bits per heavy atom. The Morgan fingerprint density at radius 3 is 2.36 bits per heavy atom. The standard InChI is InChI=1S/C13H16S/c1-2-4-12(5-3-1)14-13-8-6-11(10-13)7-9-13/h1-5,11H,6-10H2. The van der Waals surface area contributed by atoms with Gasteiger partial charge in [-0.05, 0) is 50.2 Å². The van der Waals surface area contributed by atoms with Crippen LogP contribution in [0.25, 0.3) is 0 Å². The summed E-state index contributed by atoms with van der Waals surface area (Å²) < 4.78 is 0.631. The fourth-order valence-corrected chi connectivity index (χ4v) is 4.57. The third-order valence-electron chi connectivity index (χ3n) is 3.75. The molecule has 2 saturated carbocycles. The van der Waals surface area contributed by atoms with Crippen LogP contribution in [-0.4, -0.2) is 4.75 Å². The summed E-state index contributed by atoms with van der Waals surface area (Å²) in [6.07, 6.45) is 7.36. The highest BCUT2D eigenvalue weighted by Crippen LogP contribution is 2.57. The van der Waals surface area contributed by atoms with E-state index < -0.39 is 0 Å². The molecule has 0 aliphatic heterocycles. The first-order valence-corrected chi connectivity index (χ1v) is 6.42. The molecule has 1 aromatic carbocycles. The van der Waals surface area contributed by atoms with Crippen LogP contribution >= 0.6 is 11.8 Å². The van der Waals surface area contributed by atoms with Crippen molar-refractivity contribution in [3.05, 3.63) is 30.3 Å². The highest BCUT2D eigenvalue weighted by Gasteiger charge is 2.45. The van der Waals surface area contributed by atoms with Gasteiger partial charge in [-0.3, -0.25) is 0 Å². The second-order valence-electron chi connectivity index (χ2n) is 4.75. The van der Waals surface area contributed by atoms with E-state index in [0.717, 1.165) is 5.92 Å². The summed E-state index contributed by atoms with van der Waals surface area (Å²) in [6, 6.07) is 10.9. The molecule has 1 heteroatoms. The Bertz CT molecular complexity index is 309. The van der Waals surface area contributed by atoms with E-state index in [0.29, 0.717) is 4.75 Å². The zero-order valence-electron chi connectivity index (χ0n) is 8.41. The van der Waals surface area contributed by atoms with Gasteiger partial charge in [0.2, 0.25) is 0 Å². The van der Waals surface area contributed by atoms with Gasteiger partial charge in [-0.2, -0.15) is 0 Å². The molecule has 0 spiro atoms. The van der Waals surface area contributed by atoms with E-state index in [2.05, 4.69) is 42.1 Å². The van der Waals surface area contributed by atoms with Crippen LogP contribution in [0.5, 0.6) is 0 Å². The monoisotopic (exact) mass is 204 g/mol. The molecule has 2 fully saturated rings. The van der Waals surface area contributed by atoms with E-state index in [-0.39, 0.29) is 0 Å². The topological polar surface area (TPSA) is 0 Å². The van der Waals surface area contributed by atoms with Crippen LogP contribution in [0.3, 0.4) is 0 Å². The molecule has 0 heterocycles. The maximum atomic E-state index is 2.26. The van der Waals surface area contributed by atoms with Gasteiger partial charge in [0.25, 0.3) is 0 Å². The number of hydrogen-bond donors (Lipinski definition) is 0. The molecule has 0 saturated heterocycles. The molecule has 0 aromatic heterocycles. The molecular formula is C13H16S. The predicted octanol–water partition coefficient (Wildman–Crippen LogP) is 4.11. The van der Waals surface area contributed by atoms with Crippen molar-refractivity contribution in [2.24, 2.45) is 5.92 Å². The Kier molecular flexibility index (Phi) is 2.09. The summed E-state index contributed by atoms with van der Waals surface area (Å²) in [7, 11) is 0.